The summed E-state index contributed by atoms with van der Waals surface area (Å²) in [6.07, 6.45) is -1.11. The molecule has 0 saturated carbocycles. The van der Waals surface area contributed by atoms with Crippen LogP contribution in [0.4, 0.5) is 0 Å². The van der Waals surface area contributed by atoms with Crippen molar-refractivity contribution in [3.8, 4) is 0 Å². The monoisotopic (exact) mass is 306 g/mol. The van der Waals surface area contributed by atoms with Gasteiger partial charge in [0.1, 0.15) is 0 Å². The molecule has 1 N–H and O–H groups in total. The maximum absolute atomic E-state index is 12.0. The Labute approximate surface area is 125 Å². The predicted octanol–water partition coefficient (Wildman–Crippen LogP) is 0.533. The molecule has 0 aromatic carbocycles. The number of hydrogen-bond donors (Lipinski definition) is 1. The summed E-state index contributed by atoms with van der Waals surface area (Å²) in [4.78, 5) is 24.0. The Hall–Kier alpha value is -1.18. The van der Waals surface area contributed by atoms with Crippen molar-refractivity contribution >= 4 is 11.9 Å². The van der Waals surface area contributed by atoms with Gasteiger partial charge in [0.2, 0.25) is 0 Å². The molecule has 7 heteroatoms. The lowest BCUT2D eigenvalue weighted by Gasteiger charge is -2.27. The van der Waals surface area contributed by atoms with Gasteiger partial charge in [0.05, 0.1) is 39.1 Å². The van der Waals surface area contributed by atoms with Crippen LogP contribution in [0.2, 0.25) is 0 Å². The van der Waals surface area contributed by atoms with E-state index in [0.29, 0.717) is 13.2 Å². The Bertz CT molecular complexity index is 298. The Morgan fingerprint density at radius 2 is 1.62 bits per heavy atom. The van der Waals surface area contributed by atoms with Crippen LogP contribution in [0.25, 0.3) is 0 Å². The van der Waals surface area contributed by atoms with E-state index in [0.717, 1.165) is 0 Å². The molecule has 0 fully saturated rings. The van der Waals surface area contributed by atoms with Crippen molar-refractivity contribution in [2.24, 2.45) is 5.41 Å². The molecule has 1 atom stereocenters. The zero-order valence-electron chi connectivity index (χ0n) is 13.2. The lowest BCUT2D eigenvalue weighted by Crippen LogP contribution is -2.43. The van der Waals surface area contributed by atoms with Gasteiger partial charge < -0.3 is 24.1 Å². The lowest BCUT2D eigenvalue weighted by molar-refractivity contribution is -0.173. The molecule has 0 aromatic heterocycles. The minimum Gasteiger partial charge on any atom is -0.465 e. The highest BCUT2D eigenvalue weighted by Gasteiger charge is 2.45. The molecular formula is C14H26O7. The summed E-state index contributed by atoms with van der Waals surface area (Å²) in [6.45, 7) is 5.71. The topological polar surface area (TPSA) is 91.3 Å². The van der Waals surface area contributed by atoms with E-state index < -0.39 is 23.5 Å². The van der Waals surface area contributed by atoms with Crippen LogP contribution in [0.1, 0.15) is 27.2 Å². The maximum Gasteiger partial charge on any atom is 0.323 e. The van der Waals surface area contributed by atoms with E-state index in [-0.39, 0.29) is 26.2 Å². The molecule has 21 heavy (non-hydrogen) atoms. The zero-order valence-corrected chi connectivity index (χ0v) is 13.2. The fraction of sp³-hybridized carbons (Fsp3) is 0.857. The summed E-state index contributed by atoms with van der Waals surface area (Å²) in [7, 11) is 1.54. The molecule has 124 valence electrons. The van der Waals surface area contributed by atoms with Gasteiger partial charge in [-0.25, -0.2) is 0 Å². The smallest absolute Gasteiger partial charge is 0.323 e. The van der Waals surface area contributed by atoms with Crippen molar-refractivity contribution in [3.05, 3.63) is 0 Å². The molecule has 0 spiro atoms. The number of aliphatic hydroxyl groups excluding tert-OH is 1. The summed E-state index contributed by atoms with van der Waals surface area (Å²) in [5.74, 6) is -1.42. The fourth-order valence-corrected chi connectivity index (χ4v) is 1.72. The van der Waals surface area contributed by atoms with Crippen LogP contribution in [0.3, 0.4) is 0 Å². The number of methoxy groups -OCH3 is 1. The van der Waals surface area contributed by atoms with Crippen LogP contribution in [-0.2, 0) is 28.5 Å². The van der Waals surface area contributed by atoms with Gasteiger partial charge in [0.25, 0.3) is 0 Å². The Morgan fingerprint density at radius 1 is 1.10 bits per heavy atom. The van der Waals surface area contributed by atoms with Gasteiger partial charge >= 0.3 is 11.9 Å². The normalized spacial score (nSPS) is 12.8. The van der Waals surface area contributed by atoms with Crippen LogP contribution in [-0.4, -0.2) is 63.3 Å². The summed E-state index contributed by atoms with van der Waals surface area (Å²) in [5.41, 5.74) is -1.55. The molecule has 0 radical (unpaired) electrons. The van der Waals surface area contributed by atoms with Gasteiger partial charge in [-0.15, -0.1) is 0 Å². The molecule has 7 nitrogen and oxygen atoms in total. The average Bonchev–Trinajstić information content (AvgIpc) is 2.44. The highest BCUT2D eigenvalue weighted by molar-refractivity contribution is 5.99. The maximum atomic E-state index is 12.0. The molecule has 0 aromatic rings. The summed E-state index contributed by atoms with van der Waals surface area (Å²) >= 11 is 0. The second kappa shape index (κ2) is 10.5. The summed E-state index contributed by atoms with van der Waals surface area (Å²) in [5, 5.41) is 9.94. The first-order valence-corrected chi connectivity index (χ1v) is 7.01. The summed E-state index contributed by atoms with van der Waals surface area (Å²) in [6, 6.07) is 0. The molecule has 0 saturated heterocycles. The molecule has 0 aliphatic carbocycles. The Balaban J connectivity index is 4.66. The molecule has 1 unspecified atom stereocenters. The number of esters is 2. The fourth-order valence-electron chi connectivity index (χ4n) is 1.72. The van der Waals surface area contributed by atoms with E-state index in [4.69, 9.17) is 18.9 Å². The van der Waals surface area contributed by atoms with Gasteiger partial charge in [0, 0.05) is 13.5 Å². The van der Waals surface area contributed by atoms with Crippen molar-refractivity contribution in [1.82, 2.24) is 0 Å². The van der Waals surface area contributed by atoms with Gasteiger partial charge in [0.15, 0.2) is 5.41 Å². The van der Waals surface area contributed by atoms with Gasteiger partial charge in [-0.05, 0) is 20.8 Å². The van der Waals surface area contributed by atoms with Gasteiger partial charge in [-0.2, -0.15) is 0 Å². The van der Waals surface area contributed by atoms with Crippen LogP contribution in [0.5, 0.6) is 0 Å². The highest BCUT2D eigenvalue weighted by atomic mass is 16.6. The third kappa shape index (κ3) is 6.88. The first kappa shape index (κ1) is 19.8. The van der Waals surface area contributed by atoms with Crippen LogP contribution < -0.4 is 0 Å². The standard InChI is InChI=1S/C14H26O7/c1-5-20-12(16)14(3,13(17)21-6-2)9-11(15)10-19-8-7-18-4/h11,15H,5-10H2,1-4H3. The lowest BCUT2D eigenvalue weighted by atomic mass is 9.84. The molecular weight excluding hydrogens is 280 g/mol. The number of rotatable bonds is 11. The average molecular weight is 306 g/mol. The predicted molar refractivity (Wildman–Crippen MR) is 74.7 cm³/mol. The number of ether oxygens (including phenoxy) is 4. The number of carbonyl (C=O) groups is 2. The van der Waals surface area contributed by atoms with Crippen LogP contribution >= 0.6 is 0 Å². The van der Waals surface area contributed by atoms with Gasteiger partial charge in [-0.1, -0.05) is 0 Å². The largest absolute Gasteiger partial charge is 0.465 e. The minimum absolute atomic E-state index is 0.00222. The van der Waals surface area contributed by atoms with E-state index >= 15 is 0 Å². The number of hydrogen-bond acceptors (Lipinski definition) is 7. The highest BCUT2D eigenvalue weighted by Crippen LogP contribution is 2.27. The molecule has 0 amide bonds. The van der Waals surface area contributed by atoms with Crippen molar-refractivity contribution in [3.63, 3.8) is 0 Å². The minimum atomic E-state index is -1.55. The molecule has 0 heterocycles. The number of aliphatic hydroxyl groups is 1. The van der Waals surface area contributed by atoms with Crippen molar-refractivity contribution in [1.29, 1.82) is 0 Å². The molecule has 0 rings (SSSR count). The first-order valence-electron chi connectivity index (χ1n) is 7.01. The summed E-state index contributed by atoms with van der Waals surface area (Å²) < 4.78 is 19.8. The molecule has 0 bridgehead atoms. The zero-order chi connectivity index (χ0) is 16.3. The van der Waals surface area contributed by atoms with Crippen LogP contribution in [0.15, 0.2) is 0 Å². The second-order valence-electron chi connectivity index (χ2n) is 4.70. The van der Waals surface area contributed by atoms with Crippen molar-refractivity contribution in [2.75, 3.05) is 40.1 Å². The third-order valence-electron chi connectivity index (χ3n) is 2.84. The van der Waals surface area contributed by atoms with E-state index in [2.05, 4.69) is 0 Å². The van der Waals surface area contributed by atoms with E-state index in [9.17, 15) is 14.7 Å². The first-order chi connectivity index (χ1) is 9.92. The van der Waals surface area contributed by atoms with Crippen LogP contribution in [0, 0.1) is 5.41 Å². The van der Waals surface area contributed by atoms with E-state index in [1.165, 1.54) is 6.92 Å². The number of carbonyl (C=O) groups excluding carboxylic acids is 2. The Kier molecular flexibility index (Phi) is 9.94. The van der Waals surface area contributed by atoms with Gasteiger partial charge in [-0.3, -0.25) is 9.59 Å². The Morgan fingerprint density at radius 3 is 2.05 bits per heavy atom. The van der Waals surface area contributed by atoms with Crippen molar-refractivity contribution in [2.45, 2.75) is 33.3 Å². The quantitative estimate of drug-likeness (QED) is 0.338. The molecule has 0 aliphatic rings. The van der Waals surface area contributed by atoms with Crippen molar-refractivity contribution < 1.29 is 33.6 Å². The second-order valence-corrected chi connectivity index (χ2v) is 4.70. The molecule has 0 aliphatic heterocycles. The SMILES string of the molecule is CCOC(=O)C(C)(CC(O)COCCOC)C(=O)OCC. The third-order valence-corrected chi connectivity index (χ3v) is 2.84. The van der Waals surface area contributed by atoms with E-state index in [1.807, 2.05) is 0 Å². The van der Waals surface area contributed by atoms with E-state index in [1.54, 1.807) is 21.0 Å².